The highest BCUT2D eigenvalue weighted by molar-refractivity contribution is 9.10. The minimum absolute atomic E-state index is 0.153. The Morgan fingerprint density at radius 2 is 2.20 bits per heavy atom. The number of nitrogens with zero attached hydrogens (tertiary/aromatic N) is 2. The second-order valence-electron chi connectivity index (χ2n) is 5.56. The zero-order valence-corrected chi connectivity index (χ0v) is 13.3. The lowest BCUT2D eigenvalue weighted by atomic mass is 10.1. The number of amides is 2. The van der Waals surface area contributed by atoms with Gasteiger partial charge in [0.25, 0.3) is 0 Å². The Morgan fingerprint density at radius 3 is 2.90 bits per heavy atom. The van der Waals surface area contributed by atoms with E-state index >= 15 is 0 Å². The van der Waals surface area contributed by atoms with Gasteiger partial charge in [0.05, 0.1) is 0 Å². The fourth-order valence-electron chi connectivity index (χ4n) is 3.03. The molecule has 108 valence electrons. The molecule has 2 fully saturated rings. The molecular weight excluding hydrogens is 318 g/mol. The van der Waals surface area contributed by atoms with E-state index in [0.29, 0.717) is 6.04 Å². The third-order valence-electron chi connectivity index (χ3n) is 4.21. The molecule has 0 saturated carbocycles. The van der Waals surface area contributed by atoms with E-state index in [1.165, 1.54) is 0 Å². The molecule has 0 spiro atoms. The standard InChI is InChI=1S/C15H20BrN3O/c1-11-9-12(4-5-14(11)16)18-7-8-19(15(18)20)13-3-2-6-17-10-13/h4-5,9,13,17H,2-3,6-8,10H2,1H3. The van der Waals surface area contributed by atoms with Gasteiger partial charge in [0.15, 0.2) is 0 Å². The van der Waals surface area contributed by atoms with Crippen molar-refractivity contribution in [3.05, 3.63) is 28.2 Å². The fourth-order valence-corrected chi connectivity index (χ4v) is 3.28. The predicted molar refractivity (Wildman–Crippen MR) is 84.2 cm³/mol. The summed E-state index contributed by atoms with van der Waals surface area (Å²) in [5, 5.41) is 3.38. The molecule has 5 heteroatoms. The third-order valence-corrected chi connectivity index (χ3v) is 5.10. The molecule has 2 aliphatic heterocycles. The van der Waals surface area contributed by atoms with Crippen LogP contribution in [0.4, 0.5) is 10.5 Å². The number of hydrogen-bond donors (Lipinski definition) is 1. The number of halogens is 1. The van der Waals surface area contributed by atoms with E-state index in [-0.39, 0.29) is 6.03 Å². The number of rotatable bonds is 2. The summed E-state index contributed by atoms with van der Waals surface area (Å²) in [6.45, 7) is 5.68. The minimum Gasteiger partial charge on any atom is -0.318 e. The molecule has 1 atom stereocenters. The maximum Gasteiger partial charge on any atom is 0.324 e. The Labute approximate surface area is 128 Å². The van der Waals surface area contributed by atoms with Crippen molar-refractivity contribution in [1.29, 1.82) is 0 Å². The molecule has 0 aliphatic carbocycles. The Hall–Kier alpha value is -1.07. The molecule has 0 aromatic heterocycles. The van der Waals surface area contributed by atoms with Crippen LogP contribution in [0.5, 0.6) is 0 Å². The number of nitrogens with one attached hydrogen (secondary N) is 1. The van der Waals surface area contributed by atoms with E-state index in [0.717, 1.165) is 54.7 Å². The molecule has 2 aliphatic rings. The molecule has 2 amide bonds. The van der Waals surface area contributed by atoms with Crippen LogP contribution in [-0.2, 0) is 0 Å². The zero-order valence-electron chi connectivity index (χ0n) is 11.7. The van der Waals surface area contributed by atoms with E-state index < -0.39 is 0 Å². The smallest absolute Gasteiger partial charge is 0.318 e. The van der Waals surface area contributed by atoms with Crippen molar-refractivity contribution < 1.29 is 4.79 Å². The van der Waals surface area contributed by atoms with Gasteiger partial charge in [-0.25, -0.2) is 4.79 Å². The largest absolute Gasteiger partial charge is 0.324 e. The first kappa shape index (κ1) is 13.9. The molecular formula is C15H20BrN3O. The first-order chi connectivity index (χ1) is 9.66. The highest BCUT2D eigenvalue weighted by Crippen LogP contribution is 2.27. The van der Waals surface area contributed by atoms with Crippen molar-refractivity contribution in [3.63, 3.8) is 0 Å². The van der Waals surface area contributed by atoms with Gasteiger partial charge < -0.3 is 10.2 Å². The van der Waals surface area contributed by atoms with E-state index in [1.54, 1.807) is 0 Å². The number of piperidine rings is 1. The van der Waals surface area contributed by atoms with Crippen LogP contribution in [0.25, 0.3) is 0 Å². The van der Waals surface area contributed by atoms with Crippen molar-refractivity contribution >= 4 is 27.6 Å². The van der Waals surface area contributed by atoms with Crippen molar-refractivity contribution in [3.8, 4) is 0 Å². The van der Waals surface area contributed by atoms with Gasteiger partial charge in [-0.1, -0.05) is 15.9 Å². The minimum atomic E-state index is 0.153. The summed E-state index contributed by atoms with van der Waals surface area (Å²) in [4.78, 5) is 16.5. The normalized spacial score (nSPS) is 23.5. The van der Waals surface area contributed by atoms with Crippen molar-refractivity contribution in [2.75, 3.05) is 31.1 Å². The molecule has 1 unspecified atom stereocenters. The second kappa shape index (κ2) is 5.74. The number of carbonyl (C=O) groups excluding carboxylic acids is 1. The summed E-state index contributed by atoms with van der Waals surface area (Å²) < 4.78 is 1.08. The third kappa shape index (κ3) is 2.56. The van der Waals surface area contributed by atoms with E-state index in [9.17, 15) is 4.79 Å². The van der Waals surface area contributed by atoms with Crippen LogP contribution in [0.2, 0.25) is 0 Å². The SMILES string of the molecule is Cc1cc(N2CCN(C3CCCNC3)C2=O)ccc1Br. The Balaban J connectivity index is 1.76. The van der Waals surface area contributed by atoms with Crippen molar-refractivity contribution in [2.24, 2.45) is 0 Å². The molecule has 1 N–H and O–H groups in total. The molecule has 3 rings (SSSR count). The van der Waals surface area contributed by atoms with Gasteiger partial charge in [0.2, 0.25) is 0 Å². The Kier molecular flexibility index (Phi) is 3.98. The van der Waals surface area contributed by atoms with E-state index in [2.05, 4.69) is 34.2 Å². The van der Waals surface area contributed by atoms with Crippen LogP contribution in [0.1, 0.15) is 18.4 Å². The number of anilines is 1. The second-order valence-corrected chi connectivity index (χ2v) is 6.42. The number of aryl methyl sites for hydroxylation is 1. The van der Waals surface area contributed by atoms with Gasteiger partial charge in [-0.15, -0.1) is 0 Å². The molecule has 2 heterocycles. The van der Waals surface area contributed by atoms with Crippen LogP contribution in [0.15, 0.2) is 22.7 Å². The average Bonchev–Trinajstić information content (AvgIpc) is 2.85. The van der Waals surface area contributed by atoms with Crippen molar-refractivity contribution in [2.45, 2.75) is 25.8 Å². The lowest BCUT2D eigenvalue weighted by molar-refractivity contribution is 0.187. The summed E-state index contributed by atoms with van der Waals surface area (Å²) in [6.07, 6.45) is 2.28. The molecule has 0 radical (unpaired) electrons. The van der Waals surface area contributed by atoms with Crippen LogP contribution in [0.3, 0.4) is 0 Å². The molecule has 1 aromatic carbocycles. The highest BCUT2D eigenvalue weighted by atomic mass is 79.9. The summed E-state index contributed by atoms with van der Waals surface area (Å²) in [5.41, 5.74) is 2.16. The molecule has 20 heavy (non-hydrogen) atoms. The zero-order chi connectivity index (χ0) is 14.1. The molecule has 1 aromatic rings. The van der Waals surface area contributed by atoms with Gasteiger partial charge in [-0.05, 0) is 50.1 Å². The van der Waals surface area contributed by atoms with Crippen LogP contribution >= 0.6 is 15.9 Å². The lowest BCUT2D eigenvalue weighted by Gasteiger charge is -2.31. The first-order valence-corrected chi connectivity index (χ1v) is 8.01. The quantitative estimate of drug-likeness (QED) is 0.900. The van der Waals surface area contributed by atoms with Crippen LogP contribution in [-0.4, -0.2) is 43.2 Å². The maximum absolute atomic E-state index is 12.6. The van der Waals surface area contributed by atoms with Gasteiger partial charge in [-0.2, -0.15) is 0 Å². The van der Waals surface area contributed by atoms with Crippen LogP contribution < -0.4 is 10.2 Å². The van der Waals surface area contributed by atoms with E-state index in [4.69, 9.17) is 0 Å². The summed E-state index contributed by atoms with van der Waals surface area (Å²) in [6, 6.07) is 6.61. The van der Waals surface area contributed by atoms with Crippen LogP contribution in [0, 0.1) is 6.92 Å². The van der Waals surface area contributed by atoms with Crippen molar-refractivity contribution in [1.82, 2.24) is 10.2 Å². The average molecular weight is 338 g/mol. The number of carbonyl (C=O) groups is 1. The van der Waals surface area contributed by atoms with E-state index in [1.807, 2.05) is 21.9 Å². The number of benzene rings is 1. The van der Waals surface area contributed by atoms with Gasteiger partial charge in [0.1, 0.15) is 0 Å². The van der Waals surface area contributed by atoms with Gasteiger partial charge >= 0.3 is 6.03 Å². The molecule has 0 bridgehead atoms. The Morgan fingerprint density at radius 1 is 1.35 bits per heavy atom. The highest BCUT2D eigenvalue weighted by Gasteiger charge is 2.34. The topological polar surface area (TPSA) is 35.6 Å². The molecule has 4 nitrogen and oxygen atoms in total. The summed E-state index contributed by atoms with van der Waals surface area (Å²) >= 11 is 3.51. The maximum atomic E-state index is 12.6. The molecule has 2 saturated heterocycles. The first-order valence-electron chi connectivity index (χ1n) is 7.22. The van der Waals surface area contributed by atoms with Gasteiger partial charge in [-0.3, -0.25) is 4.90 Å². The summed E-state index contributed by atoms with van der Waals surface area (Å²) in [5.74, 6) is 0. The predicted octanol–water partition coefficient (Wildman–Crippen LogP) is 2.75. The summed E-state index contributed by atoms with van der Waals surface area (Å²) in [7, 11) is 0. The Bertz CT molecular complexity index is 514. The monoisotopic (exact) mass is 337 g/mol. The number of hydrogen-bond acceptors (Lipinski definition) is 2. The fraction of sp³-hybridized carbons (Fsp3) is 0.533. The number of urea groups is 1. The van der Waals surface area contributed by atoms with Gasteiger partial charge in [0, 0.05) is 35.8 Å². The lowest BCUT2D eigenvalue weighted by Crippen LogP contribution is -2.47.